The van der Waals surface area contributed by atoms with Crippen molar-refractivity contribution in [3.05, 3.63) is 0 Å². The quantitative estimate of drug-likeness (QED) is 0.380. The Hall–Kier alpha value is -0.570. The summed E-state index contributed by atoms with van der Waals surface area (Å²) >= 11 is 0. The maximum atomic E-state index is 11.6. The summed E-state index contributed by atoms with van der Waals surface area (Å²) in [5.74, 6) is 1.11. The predicted molar refractivity (Wildman–Crippen MR) is 110 cm³/mol. The van der Waals surface area contributed by atoms with Crippen LogP contribution >= 0.6 is 24.0 Å². The van der Waals surface area contributed by atoms with Crippen molar-refractivity contribution < 1.29 is 9.53 Å². The molecule has 2 N–H and O–H groups in total. The van der Waals surface area contributed by atoms with Crippen molar-refractivity contribution in [3.8, 4) is 0 Å². The van der Waals surface area contributed by atoms with Gasteiger partial charge in [0.1, 0.15) is 0 Å². The summed E-state index contributed by atoms with van der Waals surface area (Å²) in [4.78, 5) is 17.9. The number of likely N-dealkylation sites (N-methyl/N-ethyl adjacent to an activating group) is 1. The van der Waals surface area contributed by atoms with Crippen LogP contribution in [0.2, 0.25) is 0 Å². The maximum absolute atomic E-state index is 11.6. The van der Waals surface area contributed by atoms with Crippen LogP contribution in [0.1, 0.15) is 51.9 Å². The molecule has 0 aromatic carbocycles. The summed E-state index contributed by atoms with van der Waals surface area (Å²) in [5.41, 5.74) is 0.299. The molecule has 25 heavy (non-hydrogen) atoms. The molecular formula is C18H33IN4O2. The number of likely N-dealkylation sites (tertiary alicyclic amines) is 1. The second-order valence-electron chi connectivity index (χ2n) is 7.54. The molecule has 3 rings (SSSR count). The molecule has 7 heteroatoms. The molecule has 1 spiro atoms. The van der Waals surface area contributed by atoms with E-state index in [1.807, 2.05) is 14.1 Å². The Morgan fingerprint density at radius 2 is 2.08 bits per heavy atom. The molecule has 3 atom stereocenters. The van der Waals surface area contributed by atoms with Gasteiger partial charge in [-0.25, -0.2) is 0 Å². The van der Waals surface area contributed by atoms with E-state index in [4.69, 9.17) is 4.74 Å². The van der Waals surface area contributed by atoms with E-state index in [0.29, 0.717) is 24.0 Å². The van der Waals surface area contributed by atoms with E-state index < -0.39 is 0 Å². The summed E-state index contributed by atoms with van der Waals surface area (Å²) in [6, 6.07) is 0.729. The van der Waals surface area contributed by atoms with Crippen LogP contribution in [0.3, 0.4) is 0 Å². The molecule has 3 unspecified atom stereocenters. The molecule has 3 fully saturated rings. The van der Waals surface area contributed by atoms with Crippen molar-refractivity contribution >= 4 is 35.8 Å². The monoisotopic (exact) mass is 464 g/mol. The van der Waals surface area contributed by atoms with Crippen LogP contribution in [0.15, 0.2) is 4.99 Å². The molecule has 144 valence electrons. The molecule has 0 bridgehead atoms. The smallest absolute Gasteiger partial charge is 0.222 e. The fourth-order valence-corrected chi connectivity index (χ4v) is 4.75. The molecule has 0 aromatic rings. The zero-order valence-corrected chi connectivity index (χ0v) is 18.0. The van der Waals surface area contributed by atoms with Crippen molar-refractivity contribution in [2.45, 2.75) is 70.1 Å². The fraction of sp³-hybridized carbons (Fsp3) is 0.889. The SMILES string of the molecule is CCOC1CC(NC(=NC)NC2CCC(=O)N(C)C2)C12CCCC2.I. The number of nitrogens with one attached hydrogen (secondary N) is 2. The minimum Gasteiger partial charge on any atom is -0.378 e. The van der Waals surface area contributed by atoms with Crippen LogP contribution in [-0.2, 0) is 9.53 Å². The zero-order chi connectivity index (χ0) is 17.2. The molecule has 1 heterocycles. The van der Waals surface area contributed by atoms with Gasteiger partial charge in [-0.05, 0) is 32.6 Å². The van der Waals surface area contributed by atoms with Gasteiger partial charge in [-0.3, -0.25) is 9.79 Å². The van der Waals surface area contributed by atoms with Gasteiger partial charge in [-0.2, -0.15) is 0 Å². The third kappa shape index (κ3) is 4.23. The molecule has 1 saturated heterocycles. The number of ether oxygens (including phenoxy) is 1. The largest absolute Gasteiger partial charge is 0.378 e. The topological polar surface area (TPSA) is 66.0 Å². The molecule has 6 nitrogen and oxygen atoms in total. The molecule has 1 aliphatic heterocycles. The van der Waals surface area contributed by atoms with Crippen molar-refractivity contribution in [2.75, 3.05) is 27.2 Å². The predicted octanol–water partition coefficient (Wildman–Crippen LogP) is 2.13. The summed E-state index contributed by atoms with van der Waals surface area (Å²) in [7, 11) is 3.70. The molecular weight excluding hydrogens is 431 g/mol. The van der Waals surface area contributed by atoms with Crippen molar-refractivity contribution in [1.82, 2.24) is 15.5 Å². The van der Waals surface area contributed by atoms with Gasteiger partial charge in [-0.1, -0.05) is 12.8 Å². The van der Waals surface area contributed by atoms with Crippen LogP contribution in [-0.4, -0.2) is 62.2 Å². The lowest BCUT2D eigenvalue weighted by Gasteiger charge is -2.54. The number of amides is 1. The lowest BCUT2D eigenvalue weighted by atomic mass is 9.60. The number of nitrogens with zero attached hydrogens (tertiary/aromatic N) is 2. The van der Waals surface area contributed by atoms with E-state index >= 15 is 0 Å². The minimum absolute atomic E-state index is 0. The number of piperidine rings is 1. The molecule has 2 aliphatic carbocycles. The standard InChI is InChI=1S/C18H32N4O2.HI/c1-4-24-15-11-14(18(15)9-5-6-10-18)21-17(19-2)20-13-7-8-16(23)22(3)12-13;/h13-15H,4-12H2,1-3H3,(H2,19,20,21);1H. The lowest BCUT2D eigenvalue weighted by molar-refractivity contribution is -0.132. The van der Waals surface area contributed by atoms with Crippen molar-refractivity contribution in [2.24, 2.45) is 10.4 Å². The first-order valence-corrected chi connectivity index (χ1v) is 9.44. The van der Waals surface area contributed by atoms with Crippen LogP contribution in [0.5, 0.6) is 0 Å². The Labute approximate surface area is 168 Å². The van der Waals surface area contributed by atoms with Gasteiger partial charge in [-0.15, -0.1) is 24.0 Å². The first-order chi connectivity index (χ1) is 11.6. The number of rotatable bonds is 4. The van der Waals surface area contributed by atoms with Gasteiger partial charge >= 0.3 is 0 Å². The maximum Gasteiger partial charge on any atom is 0.222 e. The number of hydrogen-bond acceptors (Lipinski definition) is 3. The fourth-order valence-electron chi connectivity index (χ4n) is 4.75. The van der Waals surface area contributed by atoms with Crippen LogP contribution in [0.4, 0.5) is 0 Å². The first kappa shape index (κ1) is 20.7. The summed E-state index contributed by atoms with van der Waals surface area (Å²) in [6.45, 7) is 3.64. The summed E-state index contributed by atoms with van der Waals surface area (Å²) < 4.78 is 5.99. The van der Waals surface area contributed by atoms with Crippen molar-refractivity contribution in [1.29, 1.82) is 0 Å². The third-order valence-corrected chi connectivity index (χ3v) is 6.19. The van der Waals surface area contributed by atoms with Gasteiger partial charge in [0.05, 0.1) is 6.10 Å². The average Bonchev–Trinajstić information content (AvgIpc) is 3.09. The van der Waals surface area contributed by atoms with Gasteiger partial charge in [0.25, 0.3) is 0 Å². The van der Waals surface area contributed by atoms with Crippen LogP contribution in [0, 0.1) is 5.41 Å². The van der Waals surface area contributed by atoms with Crippen molar-refractivity contribution in [3.63, 3.8) is 0 Å². The van der Waals surface area contributed by atoms with E-state index in [2.05, 4.69) is 22.5 Å². The Kier molecular flexibility index (Phi) is 7.37. The van der Waals surface area contributed by atoms with Gasteiger partial charge < -0.3 is 20.3 Å². The number of carbonyl (C=O) groups excluding carboxylic acids is 1. The Morgan fingerprint density at radius 1 is 1.36 bits per heavy atom. The number of halogens is 1. The number of carbonyl (C=O) groups is 1. The highest BCUT2D eigenvalue weighted by Gasteiger charge is 2.57. The van der Waals surface area contributed by atoms with Gasteiger partial charge in [0.15, 0.2) is 5.96 Å². The van der Waals surface area contributed by atoms with Crippen LogP contribution in [0.25, 0.3) is 0 Å². The highest BCUT2D eigenvalue weighted by molar-refractivity contribution is 14.0. The Bertz CT molecular complexity index is 493. The second-order valence-corrected chi connectivity index (χ2v) is 7.54. The zero-order valence-electron chi connectivity index (χ0n) is 15.7. The molecule has 2 saturated carbocycles. The molecule has 1 amide bonds. The Morgan fingerprint density at radius 3 is 2.68 bits per heavy atom. The third-order valence-electron chi connectivity index (χ3n) is 6.19. The summed E-state index contributed by atoms with van der Waals surface area (Å²) in [5, 5.41) is 7.17. The normalized spacial score (nSPS) is 31.5. The van der Waals surface area contributed by atoms with Gasteiger partial charge in [0.2, 0.25) is 5.91 Å². The Balaban J connectivity index is 0.00000225. The van der Waals surface area contributed by atoms with E-state index in [-0.39, 0.29) is 35.9 Å². The number of hydrogen-bond donors (Lipinski definition) is 2. The highest BCUT2D eigenvalue weighted by Crippen LogP contribution is 2.54. The second kappa shape index (κ2) is 8.88. The highest BCUT2D eigenvalue weighted by atomic mass is 127. The lowest BCUT2D eigenvalue weighted by Crippen LogP contribution is -2.66. The molecule has 0 radical (unpaired) electrons. The number of guanidine groups is 1. The van der Waals surface area contributed by atoms with E-state index in [9.17, 15) is 4.79 Å². The van der Waals surface area contributed by atoms with Gasteiger partial charge in [0, 0.05) is 51.2 Å². The average molecular weight is 464 g/mol. The van der Waals surface area contributed by atoms with E-state index in [1.54, 1.807) is 4.90 Å². The molecule has 3 aliphatic rings. The minimum atomic E-state index is 0. The molecule has 0 aromatic heterocycles. The number of aliphatic imine (C=N–C) groups is 1. The van der Waals surface area contributed by atoms with E-state index in [1.165, 1.54) is 25.7 Å². The van der Waals surface area contributed by atoms with E-state index in [0.717, 1.165) is 32.0 Å². The first-order valence-electron chi connectivity index (χ1n) is 9.44. The van der Waals surface area contributed by atoms with Crippen LogP contribution < -0.4 is 10.6 Å². The summed E-state index contributed by atoms with van der Waals surface area (Å²) in [6.07, 6.45) is 8.09.